The van der Waals surface area contributed by atoms with Crippen LogP contribution in [0, 0.1) is 5.92 Å². The second-order valence-electron chi connectivity index (χ2n) is 4.75. The first-order valence-electron chi connectivity index (χ1n) is 6.17. The summed E-state index contributed by atoms with van der Waals surface area (Å²) in [5.74, 6) is -0.594. The largest absolute Gasteiger partial charge is 0.497 e. The Balaban J connectivity index is 2.58. The molecule has 0 spiro atoms. The Bertz CT molecular complexity index is 422. The second kappa shape index (κ2) is 7.11. The number of carboxylic acids is 1. The minimum Gasteiger partial charge on any atom is -0.497 e. The van der Waals surface area contributed by atoms with Gasteiger partial charge in [-0.3, -0.25) is 4.79 Å². The number of likely N-dealkylation sites (N-methyl/N-ethyl adjacent to an activating group) is 1. The van der Waals surface area contributed by atoms with Crippen molar-refractivity contribution in [3.05, 3.63) is 29.8 Å². The Labute approximate surface area is 113 Å². The van der Waals surface area contributed by atoms with Crippen molar-refractivity contribution in [3.63, 3.8) is 0 Å². The maximum atomic E-state index is 10.8. The van der Waals surface area contributed by atoms with Crippen LogP contribution in [0.3, 0.4) is 0 Å². The summed E-state index contributed by atoms with van der Waals surface area (Å²) in [6, 6.07) is 7.23. The van der Waals surface area contributed by atoms with E-state index in [0.29, 0.717) is 18.8 Å². The molecule has 0 fully saturated rings. The summed E-state index contributed by atoms with van der Waals surface area (Å²) in [4.78, 5) is 12.6. The average molecular weight is 267 g/mol. The molecule has 0 heterocycles. The Morgan fingerprint density at radius 3 is 2.68 bits per heavy atom. The molecule has 106 valence electrons. The molecule has 0 aliphatic carbocycles. The van der Waals surface area contributed by atoms with Gasteiger partial charge in [-0.1, -0.05) is 19.1 Å². The molecule has 0 saturated heterocycles. The van der Waals surface area contributed by atoms with Crippen LogP contribution in [-0.2, 0) is 4.79 Å². The van der Waals surface area contributed by atoms with Crippen LogP contribution in [0.4, 0.5) is 0 Å². The molecule has 0 aromatic heterocycles. The number of carboxylic acid groups (broad SMARTS) is 1. The summed E-state index contributed by atoms with van der Waals surface area (Å²) in [6.07, 6.45) is -0.666. The van der Waals surface area contributed by atoms with Crippen LogP contribution in [-0.4, -0.2) is 48.3 Å². The predicted octanol–water partition coefficient (Wildman–Crippen LogP) is 1.38. The minimum atomic E-state index is -0.831. The number of aliphatic carboxylic acids is 1. The molecule has 2 atom stereocenters. The van der Waals surface area contributed by atoms with Crippen molar-refractivity contribution in [2.24, 2.45) is 5.92 Å². The van der Waals surface area contributed by atoms with Crippen LogP contribution < -0.4 is 4.74 Å². The minimum absolute atomic E-state index is 0.380. The summed E-state index contributed by atoms with van der Waals surface area (Å²) in [7, 11) is 3.37. The lowest BCUT2D eigenvalue weighted by Crippen LogP contribution is -2.31. The third-order valence-electron chi connectivity index (χ3n) is 2.97. The second-order valence-corrected chi connectivity index (χ2v) is 4.75. The normalized spacial score (nSPS) is 14.2. The number of carbonyl (C=O) groups is 1. The molecule has 19 heavy (non-hydrogen) atoms. The molecule has 0 radical (unpaired) electrons. The number of aliphatic hydroxyl groups excluding tert-OH is 1. The zero-order chi connectivity index (χ0) is 14.4. The highest BCUT2D eigenvalue weighted by Crippen LogP contribution is 2.19. The lowest BCUT2D eigenvalue weighted by atomic mass is 10.1. The van der Waals surface area contributed by atoms with Crippen molar-refractivity contribution >= 4 is 5.97 Å². The quantitative estimate of drug-likeness (QED) is 0.781. The summed E-state index contributed by atoms with van der Waals surface area (Å²) in [6.45, 7) is 2.43. The molecule has 1 rings (SSSR count). The lowest BCUT2D eigenvalue weighted by molar-refractivity contribution is -0.141. The van der Waals surface area contributed by atoms with E-state index in [-0.39, 0.29) is 0 Å². The summed E-state index contributed by atoms with van der Waals surface area (Å²) < 4.78 is 5.10. The zero-order valence-electron chi connectivity index (χ0n) is 11.5. The first-order chi connectivity index (χ1) is 8.93. The molecule has 0 aliphatic rings. The van der Waals surface area contributed by atoms with Crippen molar-refractivity contribution in [1.82, 2.24) is 4.90 Å². The van der Waals surface area contributed by atoms with Crippen LogP contribution >= 0.6 is 0 Å². The van der Waals surface area contributed by atoms with Crippen LogP contribution in [0.1, 0.15) is 18.6 Å². The number of nitrogens with zero attached hydrogens (tertiary/aromatic N) is 1. The van der Waals surface area contributed by atoms with E-state index in [4.69, 9.17) is 9.84 Å². The molecule has 0 bridgehead atoms. The SMILES string of the molecule is COc1cccc(C(O)CN(C)CC(C)C(=O)O)c1. The fourth-order valence-corrected chi connectivity index (χ4v) is 1.87. The van der Waals surface area contributed by atoms with E-state index in [1.54, 1.807) is 27.1 Å². The number of hydrogen-bond acceptors (Lipinski definition) is 4. The maximum absolute atomic E-state index is 10.8. The molecule has 2 N–H and O–H groups in total. The van der Waals surface area contributed by atoms with Gasteiger partial charge >= 0.3 is 5.97 Å². The van der Waals surface area contributed by atoms with E-state index in [0.717, 1.165) is 5.56 Å². The number of hydrogen-bond donors (Lipinski definition) is 2. The van der Waals surface area contributed by atoms with Gasteiger partial charge in [0.2, 0.25) is 0 Å². The highest BCUT2D eigenvalue weighted by Gasteiger charge is 2.17. The van der Waals surface area contributed by atoms with Gasteiger partial charge in [0.25, 0.3) is 0 Å². The molecular formula is C14H21NO4. The molecule has 0 amide bonds. The highest BCUT2D eigenvalue weighted by atomic mass is 16.5. The van der Waals surface area contributed by atoms with Crippen molar-refractivity contribution in [2.75, 3.05) is 27.2 Å². The van der Waals surface area contributed by atoms with Gasteiger partial charge in [0.15, 0.2) is 0 Å². The molecule has 2 unspecified atom stereocenters. The van der Waals surface area contributed by atoms with Gasteiger partial charge in [-0.15, -0.1) is 0 Å². The van der Waals surface area contributed by atoms with Gasteiger partial charge in [0.05, 0.1) is 19.1 Å². The monoisotopic (exact) mass is 267 g/mol. The van der Waals surface area contributed by atoms with Crippen LogP contribution in [0.15, 0.2) is 24.3 Å². The Kier molecular flexibility index (Phi) is 5.79. The van der Waals surface area contributed by atoms with E-state index in [9.17, 15) is 9.90 Å². The summed E-state index contributed by atoms with van der Waals surface area (Å²) in [5, 5.41) is 19.0. The fraction of sp³-hybridized carbons (Fsp3) is 0.500. The van der Waals surface area contributed by atoms with Crippen LogP contribution in [0.2, 0.25) is 0 Å². The van der Waals surface area contributed by atoms with Crippen molar-refractivity contribution in [2.45, 2.75) is 13.0 Å². The van der Waals surface area contributed by atoms with E-state index in [1.165, 1.54) is 0 Å². The fourth-order valence-electron chi connectivity index (χ4n) is 1.87. The molecule has 0 saturated carbocycles. The smallest absolute Gasteiger partial charge is 0.307 e. The van der Waals surface area contributed by atoms with Crippen molar-refractivity contribution in [1.29, 1.82) is 0 Å². The maximum Gasteiger partial charge on any atom is 0.307 e. The van der Waals surface area contributed by atoms with Gasteiger partial charge in [-0.2, -0.15) is 0 Å². The lowest BCUT2D eigenvalue weighted by Gasteiger charge is -2.22. The molecule has 0 aliphatic heterocycles. The predicted molar refractivity (Wildman–Crippen MR) is 72.3 cm³/mol. The number of ether oxygens (including phenoxy) is 1. The number of methoxy groups -OCH3 is 1. The molecule has 1 aromatic carbocycles. The van der Waals surface area contributed by atoms with Crippen molar-refractivity contribution < 1.29 is 19.7 Å². The van der Waals surface area contributed by atoms with Gasteiger partial charge in [-0.05, 0) is 24.7 Å². The van der Waals surface area contributed by atoms with E-state index in [1.807, 2.05) is 23.1 Å². The zero-order valence-corrected chi connectivity index (χ0v) is 11.5. The molecule has 1 aromatic rings. The molecular weight excluding hydrogens is 246 g/mol. The molecule has 5 nitrogen and oxygen atoms in total. The summed E-state index contributed by atoms with van der Waals surface area (Å²) in [5.41, 5.74) is 0.758. The number of aliphatic hydroxyl groups is 1. The first-order valence-corrected chi connectivity index (χ1v) is 6.17. The van der Waals surface area contributed by atoms with E-state index in [2.05, 4.69) is 0 Å². The number of benzene rings is 1. The Hall–Kier alpha value is -1.59. The van der Waals surface area contributed by atoms with Crippen LogP contribution in [0.5, 0.6) is 5.75 Å². The van der Waals surface area contributed by atoms with Crippen molar-refractivity contribution in [3.8, 4) is 5.75 Å². The van der Waals surface area contributed by atoms with Gasteiger partial charge in [-0.25, -0.2) is 0 Å². The molecule has 5 heteroatoms. The van der Waals surface area contributed by atoms with Gasteiger partial charge < -0.3 is 19.8 Å². The third kappa shape index (κ3) is 4.89. The first kappa shape index (κ1) is 15.5. The Morgan fingerprint density at radius 2 is 2.11 bits per heavy atom. The van der Waals surface area contributed by atoms with Crippen LogP contribution in [0.25, 0.3) is 0 Å². The standard InChI is InChI=1S/C14H21NO4/c1-10(14(17)18)8-15(2)9-13(16)11-5-4-6-12(7-11)19-3/h4-7,10,13,16H,8-9H2,1-3H3,(H,17,18). The Morgan fingerprint density at radius 1 is 1.42 bits per heavy atom. The topological polar surface area (TPSA) is 70.0 Å². The van der Waals surface area contributed by atoms with E-state index < -0.39 is 18.0 Å². The average Bonchev–Trinajstić information content (AvgIpc) is 2.38. The van der Waals surface area contributed by atoms with E-state index >= 15 is 0 Å². The third-order valence-corrected chi connectivity index (χ3v) is 2.97. The van der Waals surface area contributed by atoms with Gasteiger partial charge in [0.1, 0.15) is 5.75 Å². The number of rotatable bonds is 7. The highest BCUT2D eigenvalue weighted by molar-refractivity contribution is 5.69. The van der Waals surface area contributed by atoms with Gasteiger partial charge in [0, 0.05) is 13.1 Å². The summed E-state index contributed by atoms with van der Waals surface area (Å²) >= 11 is 0.